The smallest absolute Gasteiger partial charge is 0.343 e. The SMILES string of the molecule is COC(=O)COc1ccc2occ(-c3cc4ccccc4o3)c2c1. The Bertz CT molecular complexity index is 992. The lowest BCUT2D eigenvalue weighted by atomic mass is 10.1. The van der Waals surface area contributed by atoms with Gasteiger partial charge in [0.1, 0.15) is 28.9 Å². The quantitative estimate of drug-likeness (QED) is 0.521. The average molecular weight is 322 g/mol. The van der Waals surface area contributed by atoms with E-state index in [2.05, 4.69) is 4.74 Å². The second-order valence-electron chi connectivity index (χ2n) is 5.32. The molecule has 2 heterocycles. The summed E-state index contributed by atoms with van der Waals surface area (Å²) in [6.45, 7) is -0.139. The molecular weight excluding hydrogens is 308 g/mol. The summed E-state index contributed by atoms with van der Waals surface area (Å²) in [6.07, 6.45) is 1.66. The first-order chi connectivity index (χ1) is 11.7. The minimum absolute atomic E-state index is 0.139. The normalized spacial score (nSPS) is 11.0. The third-order valence-electron chi connectivity index (χ3n) is 3.82. The third-order valence-corrected chi connectivity index (χ3v) is 3.82. The van der Waals surface area contributed by atoms with Gasteiger partial charge in [0.05, 0.1) is 12.7 Å². The Hall–Kier alpha value is -3.21. The maximum absolute atomic E-state index is 11.2. The number of carbonyl (C=O) groups is 1. The summed E-state index contributed by atoms with van der Waals surface area (Å²) < 4.78 is 21.5. The second kappa shape index (κ2) is 5.77. The molecule has 0 unspecified atom stereocenters. The van der Waals surface area contributed by atoms with E-state index >= 15 is 0 Å². The van der Waals surface area contributed by atoms with Gasteiger partial charge in [-0.2, -0.15) is 0 Å². The van der Waals surface area contributed by atoms with Crippen molar-refractivity contribution in [2.75, 3.05) is 13.7 Å². The van der Waals surface area contributed by atoms with Gasteiger partial charge in [-0.3, -0.25) is 0 Å². The zero-order valence-corrected chi connectivity index (χ0v) is 12.9. The van der Waals surface area contributed by atoms with Crippen molar-refractivity contribution >= 4 is 27.9 Å². The number of ether oxygens (including phenoxy) is 2. The summed E-state index contributed by atoms with van der Waals surface area (Å²) in [5, 5.41) is 1.89. The summed E-state index contributed by atoms with van der Waals surface area (Å²) in [5.41, 5.74) is 2.38. The lowest BCUT2D eigenvalue weighted by molar-refractivity contribution is -0.142. The molecule has 120 valence electrons. The highest BCUT2D eigenvalue weighted by Crippen LogP contribution is 2.35. The Morgan fingerprint density at radius 2 is 1.96 bits per heavy atom. The average Bonchev–Trinajstić information content (AvgIpc) is 3.22. The van der Waals surface area contributed by atoms with Crippen LogP contribution in [0.4, 0.5) is 0 Å². The van der Waals surface area contributed by atoms with Crippen LogP contribution >= 0.6 is 0 Å². The fourth-order valence-corrected chi connectivity index (χ4v) is 2.60. The predicted molar refractivity (Wildman–Crippen MR) is 88.9 cm³/mol. The van der Waals surface area contributed by atoms with Crippen LogP contribution in [-0.2, 0) is 9.53 Å². The third kappa shape index (κ3) is 2.50. The molecule has 2 aromatic carbocycles. The first-order valence-electron chi connectivity index (χ1n) is 7.44. The van der Waals surface area contributed by atoms with Crippen LogP contribution in [0.15, 0.2) is 63.6 Å². The van der Waals surface area contributed by atoms with Gasteiger partial charge in [-0.1, -0.05) is 18.2 Å². The molecule has 0 fully saturated rings. The van der Waals surface area contributed by atoms with Gasteiger partial charge in [0.2, 0.25) is 0 Å². The lowest BCUT2D eigenvalue weighted by Crippen LogP contribution is -2.12. The standard InChI is InChI=1S/C19H14O5/c1-21-19(20)11-22-13-6-7-17-14(9-13)15(10-23-17)18-8-12-4-2-3-5-16(12)24-18/h2-10H,11H2,1H3. The lowest BCUT2D eigenvalue weighted by Gasteiger charge is -2.04. The fraction of sp³-hybridized carbons (Fsp3) is 0.105. The molecular formula is C19H14O5. The highest BCUT2D eigenvalue weighted by Gasteiger charge is 2.14. The molecule has 0 spiro atoms. The molecule has 5 nitrogen and oxygen atoms in total. The summed E-state index contributed by atoms with van der Waals surface area (Å²) in [4.78, 5) is 11.2. The molecule has 0 atom stereocenters. The van der Waals surface area contributed by atoms with Gasteiger partial charge in [0.15, 0.2) is 6.61 Å². The zero-order valence-electron chi connectivity index (χ0n) is 12.9. The molecule has 0 radical (unpaired) electrons. The van der Waals surface area contributed by atoms with E-state index in [1.807, 2.05) is 36.4 Å². The number of rotatable bonds is 4. The highest BCUT2D eigenvalue weighted by molar-refractivity contribution is 5.96. The highest BCUT2D eigenvalue weighted by atomic mass is 16.6. The van der Waals surface area contributed by atoms with Crippen molar-refractivity contribution in [3.63, 3.8) is 0 Å². The van der Waals surface area contributed by atoms with Gasteiger partial charge < -0.3 is 18.3 Å². The molecule has 0 aliphatic rings. The molecule has 0 aliphatic carbocycles. The van der Waals surface area contributed by atoms with E-state index in [9.17, 15) is 4.79 Å². The van der Waals surface area contributed by atoms with Crippen LogP contribution in [-0.4, -0.2) is 19.7 Å². The summed E-state index contributed by atoms with van der Waals surface area (Å²) in [5.74, 6) is 0.853. The largest absolute Gasteiger partial charge is 0.482 e. The number of hydrogen-bond donors (Lipinski definition) is 0. The van der Waals surface area contributed by atoms with Crippen LogP contribution in [0.2, 0.25) is 0 Å². The van der Waals surface area contributed by atoms with E-state index in [-0.39, 0.29) is 6.61 Å². The fourth-order valence-electron chi connectivity index (χ4n) is 2.60. The maximum Gasteiger partial charge on any atom is 0.343 e. The number of benzene rings is 2. The van der Waals surface area contributed by atoms with Crippen LogP contribution in [0.1, 0.15) is 0 Å². The van der Waals surface area contributed by atoms with E-state index < -0.39 is 5.97 Å². The molecule has 0 saturated heterocycles. The van der Waals surface area contributed by atoms with Gasteiger partial charge in [-0.15, -0.1) is 0 Å². The molecule has 24 heavy (non-hydrogen) atoms. The Balaban J connectivity index is 1.73. The molecule has 4 rings (SSSR count). The Kier molecular flexibility index (Phi) is 3.46. The van der Waals surface area contributed by atoms with Gasteiger partial charge in [0.25, 0.3) is 0 Å². The maximum atomic E-state index is 11.2. The molecule has 2 aromatic heterocycles. The minimum Gasteiger partial charge on any atom is -0.482 e. The second-order valence-corrected chi connectivity index (χ2v) is 5.32. The Morgan fingerprint density at radius 1 is 1.08 bits per heavy atom. The van der Waals surface area contributed by atoms with Gasteiger partial charge in [-0.25, -0.2) is 4.79 Å². The summed E-state index contributed by atoms with van der Waals surface area (Å²) >= 11 is 0. The van der Waals surface area contributed by atoms with Gasteiger partial charge in [0, 0.05) is 10.8 Å². The van der Waals surface area contributed by atoms with E-state index in [0.29, 0.717) is 5.75 Å². The minimum atomic E-state index is -0.431. The number of fused-ring (bicyclic) bond motifs is 2. The Morgan fingerprint density at radius 3 is 2.79 bits per heavy atom. The van der Waals surface area contributed by atoms with Crippen molar-refractivity contribution in [3.8, 4) is 17.1 Å². The van der Waals surface area contributed by atoms with Gasteiger partial charge in [-0.05, 0) is 30.3 Å². The van der Waals surface area contributed by atoms with Crippen LogP contribution in [0.25, 0.3) is 33.3 Å². The van der Waals surface area contributed by atoms with E-state index in [1.165, 1.54) is 7.11 Å². The molecule has 0 amide bonds. The van der Waals surface area contributed by atoms with Crippen molar-refractivity contribution in [1.82, 2.24) is 0 Å². The summed E-state index contributed by atoms with van der Waals surface area (Å²) in [7, 11) is 1.32. The van der Waals surface area contributed by atoms with Crippen LogP contribution in [0.3, 0.4) is 0 Å². The summed E-state index contributed by atoms with van der Waals surface area (Å²) in [6, 6.07) is 15.2. The molecule has 0 saturated carbocycles. The first kappa shape index (κ1) is 14.4. The van der Waals surface area contributed by atoms with Crippen molar-refractivity contribution in [2.45, 2.75) is 0 Å². The van der Waals surface area contributed by atoms with Crippen molar-refractivity contribution in [3.05, 3.63) is 54.8 Å². The van der Waals surface area contributed by atoms with Crippen LogP contribution in [0, 0.1) is 0 Å². The predicted octanol–water partition coefficient (Wildman–Crippen LogP) is 4.40. The zero-order chi connectivity index (χ0) is 16.5. The van der Waals surface area contributed by atoms with Crippen LogP contribution in [0.5, 0.6) is 5.75 Å². The number of esters is 1. The van der Waals surface area contributed by atoms with E-state index in [4.69, 9.17) is 13.6 Å². The molecule has 0 aliphatic heterocycles. The first-order valence-corrected chi connectivity index (χ1v) is 7.44. The monoisotopic (exact) mass is 322 g/mol. The molecule has 4 aromatic rings. The number of hydrogen-bond acceptors (Lipinski definition) is 5. The van der Waals surface area contributed by atoms with Crippen molar-refractivity contribution < 1.29 is 23.1 Å². The van der Waals surface area contributed by atoms with Crippen molar-refractivity contribution in [2.24, 2.45) is 0 Å². The molecule has 0 bridgehead atoms. The number of methoxy groups -OCH3 is 1. The Labute approximate surface area is 137 Å². The van der Waals surface area contributed by atoms with Crippen LogP contribution < -0.4 is 4.74 Å². The molecule has 5 heteroatoms. The van der Waals surface area contributed by atoms with Gasteiger partial charge >= 0.3 is 5.97 Å². The van der Waals surface area contributed by atoms with Crippen molar-refractivity contribution in [1.29, 1.82) is 0 Å². The van der Waals surface area contributed by atoms with E-state index in [0.717, 1.165) is 33.3 Å². The number of carbonyl (C=O) groups excluding carboxylic acids is 1. The van der Waals surface area contributed by atoms with E-state index in [1.54, 1.807) is 18.4 Å². The number of furan rings is 2. The topological polar surface area (TPSA) is 61.8 Å². The number of para-hydroxylation sites is 1. The molecule has 0 N–H and O–H groups in total.